The summed E-state index contributed by atoms with van der Waals surface area (Å²) in [4.78, 5) is 18.7. The first-order valence-electron chi connectivity index (χ1n) is 6.73. The number of aromatic amines is 1. The monoisotopic (exact) mass is 331 g/mol. The average molecular weight is 331 g/mol. The summed E-state index contributed by atoms with van der Waals surface area (Å²) < 4.78 is 5.34. The second-order valence-electron chi connectivity index (χ2n) is 4.47. The highest BCUT2D eigenvalue weighted by Gasteiger charge is 2.20. The van der Waals surface area contributed by atoms with Gasteiger partial charge in [-0.05, 0) is 31.4 Å². The summed E-state index contributed by atoms with van der Waals surface area (Å²) >= 11 is 1.23. The molecular formula is C14H14BN3O4S. The van der Waals surface area contributed by atoms with Gasteiger partial charge in [0.2, 0.25) is 0 Å². The Morgan fingerprint density at radius 3 is 2.78 bits per heavy atom. The Morgan fingerprint density at radius 2 is 2.22 bits per heavy atom. The number of rotatable bonds is 5. The van der Waals surface area contributed by atoms with Crippen molar-refractivity contribution in [3.8, 4) is 23.1 Å². The van der Waals surface area contributed by atoms with E-state index in [1.807, 2.05) is 6.07 Å². The van der Waals surface area contributed by atoms with E-state index in [4.69, 9.17) is 4.74 Å². The highest BCUT2D eigenvalue weighted by atomic mass is 32.2. The Bertz CT molecular complexity index is 817. The Kier molecular flexibility index (Phi) is 5.44. The van der Waals surface area contributed by atoms with E-state index < -0.39 is 12.7 Å². The van der Waals surface area contributed by atoms with Gasteiger partial charge in [0.05, 0.1) is 12.3 Å². The number of thioether (sulfide) groups is 1. The summed E-state index contributed by atoms with van der Waals surface area (Å²) in [5.74, 6) is 0.319. The minimum atomic E-state index is -1.75. The second-order valence-corrected chi connectivity index (χ2v) is 5.26. The molecule has 1 heterocycles. The number of hydrogen-bond donors (Lipinski definition) is 3. The van der Waals surface area contributed by atoms with Crippen LogP contribution in [0.1, 0.15) is 12.5 Å². The predicted octanol–water partition coefficient (Wildman–Crippen LogP) is 0.109. The van der Waals surface area contributed by atoms with E-state index in [0.717, 1.165) is 0 Å². The first-order valence-corrected chi connectivity index (χ1v) is 7.96. The molecule has 0 saturated heterocycles. The molecule has 0 fully saturated rings. The number of nitriles is 1. The Balaban J connectivity index is 2.67. The number of aromatic nitrogens is 2. The van der Waals surface area contributed by atoms with Gasteiger partial charge in [0.15, 0.2) is 5.16 Å². The molecule has 3 N–H and O–H groups in total. The van der Waals surface area contributed by atoms with Crippen molar-refractivity contribution in [2.75, 3.05) is 12.9 Å². The zero-order chi connectivity index (χ0) is 17.0. The van der Waals surface area contributed by atoms with E-state index in [9.17, 15) is 20.1 Å². The topological polar surface area (TPSA) is 119 Å². The van der Waals surface area contributed by atoms with Gasteiger partial charge in [0.1, 0.15) is 17.4 Å². The van der Waals surface area contributed by atoms with E-state index in [0.29, 0.717) is 23.1 Å². The first kappa shape index (κ1) is 17.1. The predicted molar refractivity (Wildman–Crippen MR) is 87.8 cm³/mol. The third-order valence-corrected chi connectivity index (χ3v) is 3.64. The van der Waals surface area contributed by atoms with E-state index in [-0.39, 0.29) is 16.7 Å². The van der Waals surface area contributed by atoms with Crippen LogP contribution in [-0.4, -0.2) is 40.0 Å². The van der Waals surface area contributed by atoms with Crippen molar-refractivity contribution in [3.05, 3.63) is 34.1 Å². The summed E-state index contributed by atoms with van der Waals surface area (Å²) in [7, 11) is -1.75. The van der Waals surface area contributed by atoms with Crippen LogP contribution in [0, 0.1) is 11.3 Å². The van der Waals surface area contributed by atoms with Gasteiger partial charge in [0, 0.05) is 11.0 Å². The fourth-order valence-electron chi connectivity index (χ4n) is 2.05. The van der Waals surface area contributed by atoms with Gasteiger partial charge in [-0.3, -0.25) is 4.79 Å². The van der Waals surface area contributed by atoms with E-state index in [1.165, 1.54) is 17.8 Å². The molecule has 0 saturated carbocycles. The smallest absolute Gasteiger partial charge is 0.492 e. The molecule has 2 rings (SSSR count). The zero-order valence-corrected chi connectivity index (χ0v) is 13.3. The molecule has 0 aliphatic heterocycles. The van der Waals surface area contributed by atoms with Crippen LogP contribution in [0.15, 0.2) is 28.2 Å². The zero-order valence-electron chi connectivity index (χ0n) is 12.5. The molecule has 1 aromatic heterocycles. The van der Waals surface area contributed by atoms with Crippen LogP contribution in [0.2, 0.25) is 0 Å². The molecular weight excluding hydrogens is 317 g/mol. The summed E-state index contributed by atoms with van der Waals surface area (Å²) in [6, 6.07) is 6.44. The SMILES string of the molecule is CCOc1ccc(-c2nc(SC)[nH]c(=O)c2C#N)cc1B(O)O. The lowest BCUT2D eigenvalue weighted by molar-refractivity contribution is 0.340. The quantitative estimate of drug-likeness (QED) is 0.404. The third-order valence-electron chi connectivity index (χ3n) is 3.06. The fraction of sp³-hybridized carbons (Fsp3) is 0.214. The molecule has 118 valence electrons. The number of H-pyrrole nitrogens is 1. The van der Waals surface area contributed by atoms with Crippen molar-refractivity contribution in [2.24, 2.45) is 0 Å². The molecule has 0 aliphatic rings. The van der Waals surface area contributed by atoms with Gasteiger partial charge in [-0.2, -0.15) is 5.26 Å². The van der Waals surface area contributed by atoms with E-state index >= 15 is 0 Å². The molecule has 0 atom stereocenters. The molecule has 23 heavy (non-hydrogen) atoms. The van der Waals surface area contributed by atoms with Gasteiger partial charge in [-0.25, -0.2) is 4.98 Å². The van der Waals surface area contributed by atoms with Gasteiger partial charge in [-0.1, -0.05) is 11.8 Å². The summed E-state index contributed by atoms with van der Waals surface area (Å²) in [6.45, 7) is 2.14. The Hall–Kier alpha value is -2.28. The largest absolute Gasteiger partial charge is 0.494 e. The van der Waals surface area contributed by atoms with Crippen molar-refractivity contribution in [3.63, 3.8) is 0 Å². The number of ether oxygens (including phenoxy) is 1. The number of benzene rings is 1. The maximum atomic E-state index is 12.0. The number of nitrogens with one attached hydrogen (secondary N) is 1. The molecule has 7 nitrogen and oxygen atoms in total. The van der Waals surface area contributed by atoms with Crippen LogP contribution in [0.25, 0.3) is 11.3 Å². The van der Waals surface area contributed by atoms with Crippen molar-refractivity contribution < 1.29 is 14.8 Å². The first-order chi connectivity index (χ1) is 11.0. The molecule has 0 amide bonds. The van der Waals surface area contributed by atoms with Gasteiger partial charge in [-0.15, -0.1) is 0 Å². The van der Waals surface area contributed by atoms with Crippen LogP contribution >= 0.6 is 11.8 Å². The summed E-state index contributed by atoms with van der Waals surface area (Å²) in [6.07, 6.45) is 1.75. The Morgan fingerprint density at radius 1 is 1.48 bits per heavy atom. The molecule has 0 bridgehead atoms. The average Bonchev–Trinajstić information content (AvgIpc) is 2.54. The molecule has 2 aromatic rings. The lowest BCUT2D eigenvalue weighted by atomic mass is 9.78. The van der Waals surface area contributed by atoms with Crippen LogP contribution in [0.4, 0.5) is 0 Å². The van der Waals surface area contributed by atoms with Crippen molar-refractivity contribution in [1.82, 2.24) is 9.97 Å². The van der Waals surface area contributed by atoms with Gasteiger partial charge >= 0.3 is 7.12 Å². The lowest BCUT2D eigenvalue weighted by Gasteiger charge is -2.12. The molecule has 0 aliphatic carbocycles. The highest BCUT2D eigenvalue weighted by molar-refractivity contribution is 7.98. The van der Waals surface area contributed by atoms with E-state index in [1.54, 1.807) is 25.3 Å². The summed E-state index contributed by atoms with van der Waals surface area (Å²) in [5.41, 5.74) is 0.0771. The van der Waals surface area contributed by atoms with Gasteiger partial charge < -0.3 is 19.8 Å². The number of hydrogen-bond acceptors (Lipinski definition) is 7. The minimum absolute atomic E-state index is 0.134. The fourth-order valence-corrected chi connectivity index (χ4v) is 2.42. The molecule has 0 spiro atoms. The third kappa shape index (κ3) is 3.56. The minimum Gasteiger partial charge on any atom is -0.494 e. The van der Waals surface area contributed by atoms with Crippen LogP contribution < -0.4 is 15.8 Å². The summed E-state index contributed by atoms with van der Waals surface area (Å²) in [5, 5.41) is 28.6. The van der Waals surface area contributed by atoms with Crippen LogP contribution in [0.3, 0.4) is 0 Å². The normalized spacial score (nSPS) is 10.2. The van der Waals surface area contributed by atoms with E-state index in [2.05, 4.69) is 9.97 Å². The molecule has 0 radical (unpaired) electrons. The van der Waals surface area contributed by atoms with Crippen molar-refractivity contribution in [1.29, 1.82) is 5.26 Å². The van der Waals surface area contributed by atoms with Crippen LogP contribution in [-0.2, 0) is 0 Å². The standard InChI is InChI=1S/C14H14BN3O4S/c1-3-22-11-5-4-8(6-10(11)15(20)21)12-9(7-16)13(19)18-14(17-12)23-2/h4-6,20-21H,3H2,1-2H3,(H,17,18,19). The Labute approximate surface area is 137 Å². The highest BCUT2D eigenvalue weighted by Crippen LogP contribution is 2.23. The number of nitrogens with zero attached hydrogens (tertiary/aromatic N) is 2. The molecule has 1 aromatic carbocycles. The van der Waals surface area contributed by atoms with Crippen molar-refractivity contribution >= 4 is 24.3 Å². The second kappa shape index (κ2) is 7.33. The molecule has 9 heteroatoms. The molecule has 0 unspecified atom stereocenters. The lowest BCUT2D eigenvalue weighted by Crippen LogP contribution is -2.31. The van der Waals surface area contributed by atoms with Crippen molar-refractivity contribution in [2.45, 2.75) is 12.1 Å². The maximum Gasteiger partial charge on any atom is 0.492 e. The maximum absolute atomic E-state index is 12.0. The van der Waals surface area contributed by atoms with Gasteiger partial charge in [0.25, 0.3) is 5.56 Å². The van der Waals surface area contributed by atoms with Crippen LogP contribution in [0.5, 0.6) is 5.75 Å².